The van der Waals surface area contributed by atoms with Gasteiger partial charge in [-0.3, -0.25) is 0 Å². The van der Waals surface area contributed by atoms with Crippen molar-refractivity contribution in [2.24, 2.45) is 5.92 Å². The van der Waals surface area contributed by atoms with Crippen LogP contribution < -0.4 is 10.1 Å². The van der Waals surface area contributed by atoms with Gasteiger partial charge in [-0.25, -0.2) is 0 Å². The van der Waals surface area contributed by atoms with Crippen LogP contribution >= 0.6 is 0 Å². The van der Waals surface area contributed by atoms with Gasteiger partial charge in [0, 0.05) is 12.5 Å². The summed E-state index contributed by atoms with van der Waals surface area (Å²) in [7, 11) is 1.77. The lowest BCUT2D eigenvalue weighted by molar-refractivity contribution is 0.392. The lowest BCUT2D eigenvalue weighted by atomic mass is 9.77. The Morgan fingerprint density at radius 1 is 1.33 bits per heavy atom. The Morgan fingerprint density at radius 3 is 3.13 bits per heavy atom. The Kier molecular flexibility index (Phi) is 2.17. The largest absolute Gasteiger partial charge is 0.496 e. The van der Waals surface area contributed by atoms with E-state index in [0.717, 1.165) is 24.1 Å². The molecule has 1 fully saturated rings. The quantitative estimate of drug-likeness (QED) is 0.753. The summed E-state index contributed by atoms with van der Waals surface area (Å²) < 4.78 is 5.44. The topological polar surface area (TPSA) is 21.3 Å². The molecule has 80 valence electrons. The lowest BCUT2D eigenvalue weighted by Crippen LogP contribution is -2.19. The van der Waals surface area contributed by atoms with Crippen molar-refractivity contribution in [2.75, 3.05) is 20.2 Å². The molecule has 0 aromatic heterocycles. The number of hydrogen-bond acceptors (Lipinski definition) is 2. The monoisotopic (exact) mass is 203 g/mol. The zero-order valence-corrected chi connectivity index (χ0v) is 9.12. The molecule has 0 unspecified atom stereocenters. The van der Waals surface area contributed by atoms with Crippen LogP contribution in [0.25, 0.3) is 0 Å². The summed E-state index contributed by atoms with van der Waals surface area (Å²) in [5, 5.41) is 3.50. The molecule has 1 aromatic carbocycles. The van der Waals surface area contributed by atoms with E-state index >= 15 is 0 Å². The van der Waals surface area contributed by atoms with Gasteiger partial charge in [-0.1, -0.05) is 12.1 Å². The van der Waals surface area contributed by atoms with E-state index in [1.165, 1.54) is 30.5 Å². The van der Waals surface area contributed by atoms with E-state index in [4.69, 9.17) is 4.74 Å². The van der Waals surface area contributed by atoms with E-state index in [-0.39, 0.29) is 0 Å². The first-order valence-electron chi connectivity index (χ1n) is 5.76. The summed E-state index contributed by atoms with van der Waals surface area (Å²) in [6.45, 7) is 2.34. The van der Waals surface area contributed by atoms with Crippen LogP contribution in [0.1, 0.15) is 23.5 Å². The summed E-state index contributed by atoms with van der Waals surface area (Å²) in [6.07, 6.45) is 2.49. The zero-order chi connectivity index (χ0) is 10.3. The fraction of sp³-hybridized carbons (Fsp3) is 0.538. The third-order valence-electron chi connectivity index (χ3n) is 3.89. The molecule has 0 spiro atoms. The minimum absolute atomic E-state index is 0.726. The first kappa shape index (κ1) is 9.22. The Labute approximate surface area is 90.6 Å². The van der Waals surface area contributed by atoms with Crippen LogP contribution in [0.3, 0.4) is 0 Å². The number of methoxy groups -OCH3 is 1. The Bertz CT molecular complexity index is 375. The number of benzene rings is 1. The molecule has 0 radical (unpaired) electrons. The summed E-state index contributed by atoms with van der Waals surface area (Å²) >= 11 is 0. The highest BCUT2D eigenvalue weighted by Crippen LogP contribution is 2.41. The first-order chi connectivity index (χ1) is 7.40. The standard InChI is InChI=1S/C13H17NO/c1-15-13-4-2-3-10-11(13)6-5-9-7-14-8-12(9)10/h2-4,9,12,14H,5-8H2,1H3/t9-,12+/m0/s1. The number of hydrogen-bond donors (Lipinski definition) is 1. The summed E-state index contributed by atoms with van der Waals surface area (Å²) in [5.74, 6) is 2.66. The molecule has 1 aliphatic carbocycles. The van der Waals surface area contributed by atoms with Gasteiger partial charge >= 0.3 is 0 Å². The van der Waals surface area contributed by atoms with Crippen LogP contribution in [-0.2, 0) is 6.42 Å². The highest BCUT2D eigenvalue weighted by Gasteiger charge is 2.34. The highest BCUT2D eigenvalue weighted by atomic mass is 16.5. The van der Waals surface area contributed by atoms with Crippen LogP contribution in [-0.4, -0.2) is 20.2 Å². The minimum atomic E-state index is 0.726. The van der Waals surface area contributed by atoms with Crippen molar-refractivity contribution in [2.45, 2.75) is 18.8 Å². The maximum absolute atomic E-state index is 5.44. The second-order valence-electron chi connectivity index (χ2n) is 4.59. The first-order valence-corrected chi connectivity index (χ1v) is 5.76. The zero-order valence-electron chi connectivity index (χ0n) is 9.12. The van der Waals surface area contributed by atoms with Crippen LogP contribution in [0.2, 0.25) is 0 Å². The summed E-state index contributed by atoms with van der Waals surface area (Å²) in [4.78, 5) is 0. The van der Waals surface area contributed by atoms with Gasteiger partial charge in [0.15, 0.2) is 0 Å². The fourth-order valence-electron chi connectivity index (χ4n) is 3.12. The highest BCUT2D eigenvalue weighted by molar-refractivity contribution is 5.44. The molecule has 2 aliphatic rings. The SMILES string of the molecule is COc1cccc2c1CC[C@H]1CNC[C@@H]21. The maximum atomic E-state index is 5.44. The fourth-order valence-corrected chi connectivity index (χ4v) is 3.12. The molecular formula is C13H17NO. The van der Waals surface area contributed by atoms with Gasteiger partial charge in [-0.2, -0.15) is 0 Å². The van der Waals surface area contributed by atoms with E-state index in [0.29, 0.717) is 0 Å². The Morgan fingerprint density at radius 2 is 2.27 bits per heavy atom. The summed E-state index contributed by atoms with van der Waals surface area (Å²) in [5.41, 5.74) is 2.97. The van der Waals surface area contributed by atoms with Crippen LogP contribution in [0.15, 0.2) is 18.2 Å². The second kappa shape index (κ2) is 3.53. The van der Waals surface area contributed by atoms with Gasteiger partial charge in [-0.05, 0) is 42.5 Å². The van der Waals surface area contributed by atoms with Crippen molar-refractivity contribution in [3.63, 3.8) is 0 Å². The molecule has 0 saturated carbocycles. The van der Waals surface area contributed by atoms with Crippen molar-refractivity contribution in [3.8, 4) is 5.75 Å². The predicted molar refractivity (Wildman–Crippen MR) is 60.4 cm³/mol. The van der Waals surface area contributed by atoms with Gasteiger partial charge in [0.25, 0.3) is 0 Å². The van der Waals surface area contributed by atoms with Crippen LogP contribution in [0.4, 0.5) is 0 Å². The van der Waals surface area contributed by atoms with Crippen LogP contribution in [0.5, 0.6) is 5.75 Å². The van der Waals surface area contributed by atoms with Gasteiger partial charge in [0.2, 0.25) is 0 Å². The smallest absolute Gasteiger partial charge is 0.122 e. The molecule has 2 atom stereocenters. The van der Waals surface area contributed by atoms with Crippen molar-refractivity contribution < 1.29 is 4.74 Å². The lowest BCUT2D eigenvalue weighted by Gasteiger charge is -2.28. The Hall–Kier alpha value is -1.02. The molecule has 15 heavy (non-hydrogen) atoms. The molecule has 3 rings (SSSR count). The molecular weight excluding hydrogens is 186 g/mol. The molecule has 1 heterocycles. The maximum Gasteiger partial charge on any atom is 0.122 e. The van der Waals surface area contributed by atoms with Crippen molar-refractivity contribution in [1.82, 2.24) is 5.32 Å². The number of fused-ring (bicyclic) bond motifs is 3. The van der Waals surface area contributed by atoms with E-state index in [1.807, 2.05) is 0 Å². The van der Waals surface area contributed by atoms with E-state index in [1.54, 1.807) is 7.11 Å². The molecule has 2 heteroatoms. The predicted octanol–water partition coefficient (Wildman–Crippen LogP) is 1.94. The Balaban J connectivity index is 2.07. The van der Waals surface area contributed by atoms with Crippen molar-refractivity contribution in [3.05, 3.63) is 29.3 Å². The molecule has 1 saturated heterocycles. The van der Waals surface area contributed by atoms with Gasteiger partial charge in [0.05, 0.1) is 7.11 Å². The average Bonchev–Trinajstić information content (AvgIpc) is 2.76. The summed E-state index contributed by atoms with van der Waals surface area (Å²) in [6, 6.07) is 6.49. The normalized spacial score (nSPS) is 28.3. The average molecular weight is 203 g/mol. The van der Waals surface area contributed by atoms with Crippen molar-refractivity contribution >= 4 is 0 Å². The van der Waals surface area contributed by atoms with Crippen LogP contribution in [0, 0.1) is 5.92 Å². The van der Waals surface area contributed by atoms with E-state index in [2.05, 4.69) is 23.5 Å². The molecule has 1 N–H and O–H groups in total. The van der Waals surface area contributed by atoms with Crippen molar-refractivity contribution in [1.29, 1.82) is 0 Å². The molecule has 1 aromatic rings. The van der Waals surface area contributed by atoms with E-state index < -0.39 is 0 Å². The minimum Gasteiger partial charge on any atom is -0.496 e. The third-order valence-corrected chi connectivity index (χ3v) is 3.89. The molecule has 0 amide bonds. The molecule has 2 nitrogen and oxygen atoms in total. The van der Waals surface area contributed by atoms with Gasteiger partial charge in [0.1, 0.15) is 5.75 Å². The number of nitrogens with one attached hydrogen (secondary N) is 1. The third kappa shape index (κ3) is 1.36. The van der Waals surface area contributed by atoms with Gasteiger partial charge in [-0.15, -0.1) is 0 Å². The van der Waals surface area contributed by atoms with Gasteiger partial charge < -0.3 is 10.1 Å². The molecule has 0 bridgehead atoms. The number of ether oxygens (including phenoxy) is 1. The second-order valence-corrected chi connectivity index (χ2v) is 4.59. The van der Waals surface area contributed by atoms with E-state index in [9.17, 15) is 0 Å². The number of rotatable bonds is 1. The molecule has 1 aliphatic heterocycles.